The number of benzene rings is 2. The van der Waals surface area contributed by atoms with E-state index in [0.717, 1.165) is 11.3 Å². The summed E-state index contributed by atoms with van der Waals surface area (Å²) in [6.07, 6.45) is 0.328. The highest BCUT2D eigenvalue weighted by molar-refractivity contribution is 7.91. The highest BCUT2D eigenvalue weighted by Gasteiger charge is 2.20. The smallest absolute Gasteiger partial charge is 0.285 e. The van der Waals surface area contributed by atoms with Gasteiger partial charge in [-0.25, -0.2) is 13.4 Å². The van der Waals surface area contributed by atoms with Crippen LogP contribution in [0.5, 0.6) is 0 Å². The number of rotatable bonds is 9. The molecule has 0 bridgehead atoms. The quantitative estimate of drug-likeness (QED) is 0.221. The van der Waals surface area contributed by atoms with Gasteiger partial charge < -0.3 is 5.32 Å². The predicted octanol–water partition coefficient (Wildman–Crippen LogP) is 5.31. The molecule has 0 atom stereocenters. The van der Waals surface area contributed by atoms with E-state index in [4.69, 9.17) is 34.8 Å². The van der Waals surface area contributed by atoms with E-state index in [2.05, 4.69) is 20.6 Å². The van der Waals surface area contributed by atoms with Gasteiger partial charge in [-0.15, -0.1) is 27.5 Å². The zero-order valence-electron chi connectivity index (χ0n) is 18.6. The van der Waals surface area contributed by atoms with Crippen LogP contribution in [0.4, 0.5) is 0 Å². The van der Waals surface area contributed by atoms with E-state index in [-0.39, 0.29) is 22.4 Å². The highest BCUT2D eigenvalue weighted by atomic mass is 35.5. The number of hydrogen-bond acceptors (Lipinski definition) is 7. The summed E-state index contributed by atoms with van der Waals surface area (Å²) >= 11 is 20.4. The zero-order valence-corrected chi connectivity index (χ0v) is 23.3. The van der Waals surface area contributed by atoms with Crippen LogP contribution >= 0.6 is 57.5 Å². The van der Waals surface area contributed by atoms with Crippen LogP contribution in [0.15, 0.2) is 64.2 Å². The van der Waals surface area contributed by atoms with Crippen molar-refractivity contribution < 1.29 is 18.0 Å². The van der Waals surface area contributed by atoms with E-state index in [9.17, 15) is 18.0 Å². The molecule has 0 aliphatic carbocycles. The third-order valence-corrected chi connectivity index (χ3v) is 9.54. The Balaban J connectivity index is 1.32. The van der Waals surface area contributed by atoms with Crippen molar-refractivity contribution in [3.63, 3.8) is 0 Å². The van der Waals surface area contributed by atoms with Gasteiger partial charge in [-0.2, -0.15) is 0 Å². The summed E-state index contributed by atoms with van der Waals surface area (Å²) in [5.41, 5.74) is 3.32. The van der Waals surface area contributed by atoms with Crippen LogP contribution < -0.4 is 15.6 Å². The Hall–Kier alpha value is -2.51. The number of thiazole rings is 1. The normalized spacial score (nSPS) is 11.3. The lowest BCUT2D eigenvalue weighted by Crippen LogP contribution is -2.41. The molecule has 0 aliphatic rings. The number of halogens is 3. The fourth-order valence-electron chi connectivity index (χ4n) is 3.05. The van der Waals surface area contributed by atoms with Crippen LogP contribution in [0.1, 0.15) is 36.3 Å². The number of hydrogen-bond donors (Lipinski definition) is 3. The number of amides is 2. The average molecular weight is 616 g/mol. The van der Waals surface area contributed by atoms with E-state index >= 15 is 0 Å². The number of carbonyl (C=O) groups excluding carboxylic acids is 2. The lowest BCUT2D eigenvalue weighted by atomic mass is 10.1. The second-order valence-corrected chi connectivity index (χ2v) is 12.7. The summed E-state index contributed by atoms with van der Waals surface area (Å²) in [7, 11) is -4.04. The number of nitrogens with zero attached hydrogens (tertiary/aromatic N) is 1. The van der Waals surface area contributed by atoms with Gasteiger partial charge in [-0.3, -0.25) is 15.0 Å². The van der Waals surface area contributed by atoms with Gasteiger partial charge in [0.2, 0.25) is 0 Å². The Morgan fingerprint density at radius 1 is 0.919 bits per heavy atom. The van der Waals surface area contributed by atoms with Crippen molar-refractivity contribution in [3.05, 3.63) is 102 Å². The van der Waals surface area contributed by atoms with Crippen LogP contribution in [0, 0.1) is 0 Å². The van der Waals surface area contributed by atoms with Gasteiger partial charge >= 0.3 is 0 Å². The highest BCUT2D eigenvalue weighted by Crippen LogP contribution is 2.28. The first kappa shape index (κ1) is 27.5. The van der Waals surface area contributed by atoms with Crippen molar-refractivity contribution >= 4 is 79.3 Å². The first-order chi connectivity index (χ1) is 17.6. The molecule has 0 fully saturated rings. The molecular weight excluding hydrogens is 599 g/mol. The summed E-state index contributed by atoms with van der Waals surface area (Å²) in [6, 6.07) is 14.5. The lowest BCUT2D eigenvalue weighted by Gasteiger charge is -2.06. The second kappa shape index (κ2) is 11.9. The molecular formula is C23H17Cl3N4O4S3. The first-order valence-electron chi connectivity index (χ1n) is 10.4. The van der Waals surface area contributed by atoms with Crippen LogP contribution in [-0.2, 0) is 23.0 Å². The molecule has 2 aromatic carbocycles. The molecule has 4 aromatic rings. The molecule has 8 nitrogen and oxygen atoms in total. The molecule has 0 saturated carbocycles. The minimum atomic E-state index is -4.04. The molecule has 0 aliphatic heterocycles. The topological polar surface area (TPSA) is 117 Å². The van der Waals surface area contributed by atoms with E-state index in [1.807, 2.05) is 0 Å². The lowest BCUT2D eigenvalue weighted by molar-refractivity contribution is 0.0936. The predicted molar refractivity (Wildman–Crippen MR) is 146 cm³/mol. The van der Waals surface area contributed by atoms with Crippen molar-refractivity contribution in [1.29, 1.82) is 0 Å². The molecule has 0 radical (unpaired) electrons. The van der Waals surface area contributed by atoms with Crippen LogP contribution in [0.3, 0.4) is 0 Å². The van der Waals surface area contributed by atoms with Gasteiger partial charge in [-0.1, -0.05) is 40.9 Å². The van der Waals surface area contributed by atoms with Gasteiger partial charge in [0, 0.05) is 37.3 Å². The van der Waals surface area contributed by atoms with Crippen LogP contribution in [0.2, 0.25) is 15.1 Å². The summed E-state index contributed by atoms with van der Waals surface area (Å²) < 4.78 is 25.2. The number of aromatic nitrogens is 1. The summed E-state index contributed by atoms with van der Waals surface area (Å²) in [6.45, 7) is 0.130. The van der Waals surface area contributed by atoms with Gasteiger partial charge in [-0.05, 0) is 54.1 Å². The molecule has 0 spiro atoms. The largest absolute Gasteiger partial charge is 0.347 e. The van der Waals surface area contributed by atoms with Gasteiger partial charge in [0.05, 0.1) is 11.6 Å². The third kappa shape index (κ3) is 7.08. The number of sulfonamides is 1. The minimum absolute atomic E-state index is 0.0316. The third-order valence-electron chi connectivity index (χ3n) is 4.90. The number of thiophene rings is 1. The molecule has 4 rings (SSSR count). The van der Waals surface area contributed by atoms with Crippen molar-refractivity contribution in [3.8, 4) is 0 Å². The second-order valence-electron chi connectivity index (χ2n) is 7.47. The molecule has 0 saturated heterocycles. The maximum Gasteiger partial charge on any atom is 0.285 e. The summed E-state index contributed by atoms with van der Waals surface area (Å²) in [4.78, 5) is 31.6. The molecule has 0 unspecified atom stereocenters. The van der Waals surface area contributed by atoms with Gasteiger partial charge in [0.1, 0.15) is 9.90 Å². The molecule has 2 aromatic heterocycles. The maximum absolute atomic E-state index is 12.6. The Morgan fingerprint density at radius 2 is 1.62 bits per heavy atom. The van der Waals surface area contributed by atoms with Crippen molar-refractivity contribution in [2.75, 3.05) is 0 Å². The Kier molecular flexibility index (Phi) is 8.86. The Labute approximate surface area is 235 Å². The van der Waals surface area contributed by atoms with Crippen molar-refractivity contribution in [1.82, 2.24) is 20.6 Å². The standard InChI is InChI=1S/C23H17Cl3N4O4S3/c24-14-6-4-13(5-7-14)22(31)27-11-15-8-9-21(36-15)37(33,34)30-29-23(32)19-12-35-20(28-19)10-16-17(25)2-1-3-18(16)26/h1-9,12,30H,10-11H2,(H,27,31)(H,29,32). The summed E-state index contributed by atoms with van der Waals surface area (Å²) in [5, 5.41) is 6.31. The van der Waals surface area contributed by atoms with Crippen LogP contribution in [-0.4, -0.2) is 25.2 Å². The maximum atomic E-state index is 12.6. The first-order valence-corrected chi connectivity index (χ1v) is 14.8. The van der Waals surface area contributed by atoms with Gasteiger partial charge in [0.25, 0.3) is 21.8 Å². The average Bonchev–Trinajstić information content (AvgIpc) is 3.54. The Bertz CT molecular complexity index is 1530. The number of hydrazine groups is 1. The summed E-state index contributed by atoms with van der Waals surface area (Å²) in [5.74, 6) is -1.04. The molecule has 2 heterocycles. The molecule has 37 heavy (non-hydrogen) atoms. The molecule has 192 valence electrons. The van der Waals surface area contributed by atoms with E-state index < -0.39 is 15.9 Å². The monoisotopic (exact) mass is 614 g/mol. The number of nitrogens with one attached hydrogen (secondary N) is 3. The van der Waals surface area contributed by atoms with Crippen molar-refractivity contribution in [2.45, 2.75) is 17.2 Å². The zero-order chi connectivity index (χ0) is 26.6. The fourth-order valence-corrected chi connectivity index (χ4v) is 6.62. The molecule has 14 heteroatoms. The molecule has 2 amide bonds. The molecule has 3 N–H and O–H groups in total. The SMILES string of the molecule is O=C(NCc1ccc(S(=O)(=O)NNC(=O)c2csc(Cc3c(Cl)cccc3Cl)n2)s1)c1ccc(Cl)cc1. The Morgan fingerprint density at radius 3 is 2.32 bits per heavy atom. The van der Waals surface area contributed by atoms with Gasteiger partial charge in [0.15, 0.2) is 0 Å². The van der Waals surface area contributed by atoms with E-state index in [1.54, 1.807) is 48.5 Å². The van der Waals surface area contributed by atoms with Crippen molar-refractivity contribution in [2.24, 2.45) is 0 Å². The van der Waals surface area contributed by atoms with E-state index in [1.165, 1.54) is 22.8 Å². The minimum Gasteiger partial charge on any atom is -0.347 e. The number of carbonyl (C=O) groups is 2. The fraction of sp³-hybridized carbons (Fsp3) is 0.0870. The van der Waals surface area contributed by atoms with E-state index in [0.29, 0.717) is 42.5 Å². The van der Waals surface area contributed by atoms with Crippen LogP contribution in [0.25, 0.3) is 0 Å².